The lowest BCUT2D eigenvalue weighted by atomic mass is 9.82. The number of benzene rings is 1. The quantitative estimate of drug-likeness (QED) is 0.400. The van der Waals surface area contributed by atoms with Crippen molar-refractivity contribution in [2.45, 2.75) is 39.5 Å². The third-order valence-electron chi connectivity index (χ3n) is 8.00. The molecule has 0 N–H and O–H groups in total. The molecule has 3 aromatic rings. The van der Waals surface area contributed by atoms with Crippen LogP contribution in [0.3, 0.4) is 0 Å². The summed E-state index contributed by atoms with van der Waals surface area (Å²) in [4.78, 5) is 19.1. The van der Waals surface area contributed by atoms with Crippen LogP contribution in [-0.4, -0.2) is 51.9 Å². The predicted octanol–water partition coefficient (Wildman–Crippen LogP) is 5.88. The molecule has 6 heteroatoms. The number of hydrogen-bond acceptors (Lipinski definition) is 4. The summed E-state index contributed by atoms with van der Waals surface area (Å²) in [6, 6.07) is 6.36. The summed E-state index contributed by atoms with van der Waals surface area (Å²) in [5.74, 6) is 0.598. The average molecular weight is 497 g/mol. The van der Waals surface area contributed by atoms with Crippen molar-refractivity contribution in [3.05, 3.63) is 77.8 Å². The molecule has 0 bridgehead atoms. The Hall–Kier alpha value is -3.51. The van der Waals surface area contributed by atoms with Gasteiger partial charge in [-0.3, -0.25) is 14.5 Å². The van der Waals surface area contributed by atoms with Gasteiger partial charge >= 0.3 is 0 Å². The first-order valence-electron chi connectivity index (χ1n) is 13.1. The number of allylic oxidation sites excluding steroid dienone is 1. The Kier molecular flexibility index (Phi) is 7.11. The van der Waals surface area contributed by atoms with Gasteiger partial charge in [-0.05, 0) is 66.2 Å². The summed E-state index contributed by atoms with van der Waals surface area (Å²) < 4.78 is 7.36. The topological polar surface area (TPSA) is 60.2 Å². The molecule has 0 aliphatic carbocycles. The Morgan fingerprint density at radius 2 is 1.95 bits per heavy atom. The van der Waals surface area contributed by atoms with Crippen LogP contribution in [0.1, 0.15) is 43.7 Å². The molecule has 0 unspecified atom stereocenters. The Bertz CT molecular complexity index is 1410. The third-order valence-corrected chi connectivity index (χ3v) is 8.00. The van der Waals surface area contributed by atoms with Gasteiger partial charge in [0.25, 0.3) is 0 Å². The zero-order chi connectivity index (χ0) is 26.1. The first kappa shape index (κ1) is 25.2. The molecule has 2 aliphatic rings. The van der Waals surface area contributed by atoms with Gasteiger partial charge in [0, 0.05) is 63.6 Å². The van der Waals surface area contributed by atoms with Crippen LogP contribution in [0.4, 0.5) is 0 Å². The van der Waals surface area contributed by atoms with Crippen LogP contribution in [0.5, 0.6) is 0 Å². The number of ether oxygens (including phenoxy) is 1. The zero-order valence-electron chi connectivity index (χ0n) is 22.2. The van der Waals surface area contributed by atoms with Crippen molar-refractivity contribution >= 4 is 22.3 Å². The van der Waals surface area contributed by atoms with Crippen molar-refractivity contribution in [1.82, 2.24) is 19.7 Å². The van der Waals surface area contributed by atoms with Crippen LogP contribution in [0, 0.1) is 12.8 Å². The minimum Gasteiger partial charge on any atom is -0.381 e. The van der Waals surface area contributed by atoms with Gasteiger partial charge in [0.15, 0.2) is 0 Å². The summed E-state index contributed by atoms with van der Waals surface area (Å²) in [5, 5.41) is 6.55. The van der Waals surface area contributed by atoms with Crippen LogP contribution >= 0.6 is 0 Å². The summed E-state index contributed by atoms with van der Waals surface area (Å²) in [7, 11) is 1.92. The highest BCUT2D eigenvalue weighted by molar-refractivity contribution is 6.00. The molecule has 4 heterocycles. The van der Waals surface area contributed by atoms with Crippen LogP contribution in [0.2, 0.25) is 0 Å². The van der Waals surface area contributed by atoms with E-state index in [1.165, 1.54) is 11.1 Å². The molecule has 192 valence electrons. The Morgan fingerprint density at radius 1 is 1.16 bits per heavy atom. The maximum absolute atomic E-state index is 12.3. The second-order valence-corrected chi connectivity index (χ2v) is 10.4. The minimum atomic E-state index is 0.101. The highest BCUT2D eigenvalue weighted by atomic mass is 16.5. The van der Waals surface area contributed by atoms with Gasteiger partial charge in [-0.25, -0.2) is 0 Å². The third kappa shape index (κ3) is 5.03. The molecular formula is C31H36N4O2. The first-order valence-corrected chi connectivity index (χ1v) is 13.1. The minimum absolute atomic E-state index is 0.101. The molecule has 1 amide bonds. The monoisotopic (exact) mass is 496 g/mol. The van der Waals surface area contributed by atoms with Crippen molar-refractivity contribution in [1.29, 1.82) is 0 Å². The lowest BCUT2D eigenvalue weighted by molar-refractivity contribution is -0.128. The van der Waals surface area contributed by atoms with Gasteiger partial charge in [-0.15, -0.1) is 0 Å². The van der Waals surface area contributed by atoms with Crippen molar-refractivity contribution in [3.8, 4) is 11.3 Å². The maximum atomic E-state index is 12.3. The molecule has 5 rings (SSSR count). The van der Waals surface area contributed by atoms with Crippen molar-refractivity contribution in [3.63, 3.8) is 0 Å². The molecule has 1 fully saturated rings. The molecule has 2 aliphatic heterocycles. The lowest BCUT2D eigenvalue weighted by Gasteiger charge is -2.33. The number of aryl methyl sites for hydroxylation is 2. The zero-order valence-corrected chi connectivity index (χ0v) is 22.2. The summed E-state index contributed by atoms with van der Waals surface area (Å²) in [6.45, 7) is 15.8. The number of nitrogens with zero attached hydrogens (tertiary/aromatic N) is 4. The normalized spacial score (nSPS) is 16.9. The molecule has 2 aromatic heterocycles. The van der Waals surface area contributed by atoms with E-state index in [9.17, 15) is 4.79 Å². The summed E-state index contributed by atoms with van der Waals surface area (Å²) >= 11 is 0. The average Bonchev–Trinajstić information content (AvgIpc) is 3.34. The second-order valence-electron chi connectivity index (χ2n) is 10.4. The van der Waals surface area contributed by atoms with Gasteiger partial charge in [-0.1, -0.05) is 42.5 Å². The standard InChI is InChI=1S/C31H36N4O2/c1-20(24-10-13-37-14-11-24)15-25-9-12-35(23(4)36)19-30(25)21(2)27-7-6-8-28-22(3)31(32-17-29(27)28)26-16-33-34(5)18-26/h6-8,16-18,24H,1-2,9-15,19H2,3-5H3. The highest BCUT2D eigenvalue weighted by Crippen LogP contribution is 2.38. The number of carbonyl (C=O) groups is 1. The van der Waals surface area contributed by atoms with Gasteiger partial charge in [-0.2, -0.15) is 5.10 Å². The molecule has 0 radical (unpaired) electrons. The highest BCUT2D eigenvalue weighted by Gasteiger charge is 2.26. The Balaban J connectivity index is 1.53. The number of pyridine rings is 1. The number of fused-ring (bicyclic) bond motifs is 1. The molecular weight excluding hydrogens is 460 g/mol. The van der Waals surface area contributed by atoms with E-state index in [-0.39, 0.29) is 5.91 Å². The smallest absolute Gasteiger partial charge is 0.219 e. The van der Waals surface area contributed by atoms with Crippen molar-refractivity contribution < 1.29 is 9.53 Å². The Labute approximate surface area is 219 Å². The van der Waals surface area contributed by atoms with Gasteiger partial charge in [0.2, 0.25) is 5.91 Å². The largest absolute Gasteiger partial charge is 0.381 e. The SMILES string of the molecule is C=C(C1=C(CC(=C)C2CCOCC2)CCN(C(C)=O)C1)c1cccc2c(C)c(-c3cnn(C)c3)ncc12. The van der Waals surface area contributed by atoms with Gasteiger partial charge in [0.1, 0.15) is 0 Å². The summed E-state index contributed by atoms with van der Waals surface area (Å²) in [6.07, 6.45) is 9.58. The Morgan fingerprint density at radius 3 is 2.65 bits per heavy atom. The lowest BCUT2D eigenvalue weighted by Crippen LogP contribution is -2.36. The molecule has 0 saturated carbocycles. The molecule has 0 atom stereocenters. The fraction of sp³-hybridized carbons (Fsp3) is 0.387. The van der Waals surface area contributed by atoms with E-state index in [0.717, 1.165) is 89.7 Å². The fourth-order valence-corrected chi connectivity index (χ4v) is 5.74. The van der Waals surface area contributed by atoms with Crippen LogP contribution in [0.15, 0.2) is 66.7 Å². The number of hydrogen-bond donors (Lipinski definition) is 0. The first-order chi connectivity index (χ1) is 17.8. The second kappa shape index (κ2) is 10.5. The number of rotatable bonds is 6. The molecule has 1 aromatic carbocycles. The fourth-order valence-electron chi connectivity index (χ4n) is 5.74. The molecule has 0 spiro atoms. The van der Waals surface area contributed by atoms with Crippen LogP contribution in [-0.2, 0) is 16.6 Å². The number of amides is 1. The van der Waals surface area contributed by atoms with E-state index < -0.39 is 0 Å². The van der Waals surface area contributed by atoms with E-state index in [1.54, 1.807) is 11.6 Å². The number of aromatic nitrogens is 3. The van der Waals surface area contributed by atoms with Gasteiger partial charge in [0.05, 0.1) is 11.9 Å². The van der Waals surface area contributed by atoms with Gasteiger partial charge < -0.3 is 9.64 Å². The molecule has 6 nitrogen and oxygen atoms in total. The molecule has 37 heavy (non-hydrogen) atoms. The van der Waals surface area contributed by atoms with E-state index in [4.69, 9.17) is 9.72 Å². The molecule has 1 saturated heterocycles. The predicted molar refractivity (Wildman–Crippen MR) is 149 cm³/mol. The van der Waals surface area contributed by atoms with E-state index >= 15 is 0 Å². The van der Waals surface area contributed by atoms with Crippen LogP contribution in [0.25, 0.3) is 27.6 Å². The van der Waals surface area contributed by atoms with E-state index in [2.05, 4.69) is 43.4 Å². The van der Waals surface area contributed by atoms with Crippen LogP contribution < -0.4 is 0 Å². The summed E-state index contributed by atoms with van der Waals surface area (Å²) in [5.41, 5.74) is 8.90. The van der Waals surface area contributed by atoms with Crippen molar-refractivity contribution in [2.24, 2.45) is 13.0 Å². The van der Waals surface area contributed by atoms with E-state index in [1.807, 2.05) is 30.5 Å². The van der Waals surface area contributed by atoms with Crippen molar-refractivity contribution in [2.75, 3.05) is 26.3 Å². The number of carbonyl (C=O) groups excluding carboxylic acids is 1. The van der Waals surface area contributed by atoms with E-state index in [0.29, 0.717) is 12.5 Å². The maximum Gasteiger partial charge on any atom is 0.219 e.